The molecule has 0 aliphatic rings. The zero-order valence-corrected chi connectivity index (χ0v) is 13.7. The predicted octanol–water partition coefficient (Wildman–Crippen LogP) is 3.51. The fourth-order valence-electron chi connectivity index (χ4n) is 1.80. The highest BCUT2D eigenvalue weighted by Gasteiger charge is 2.29. The second-order valence-corrected chi connectivity index (χ2v) is 5.73. The zero-order chi connectivity index (χ0) is 16.4. The van der Waals surface area contributed by atoms with Gasteiger partial charge in [0.2, 0.25) is 0 Å². The van der Waals surface area contributed by atoms with Crippen molar-refractivity contribution in [3.63, 3.8) is 0 Å². The van der Waals surface area contributed by atoms with Gasteiger partial charge >= 0.3 is 6.18 Å². The number of thioether (sulfide) groups is 1. The second kappa shape index (κ2) is 9.61. The molecule has 0 aliphatic heterocycles. The fraction of sp³-hybridized carbons (Fsp3) is 0.533. The molecule has 7 heteroatoms. The Morgan fingerprint density at radius 1 is 1.14 bits per heavy atom. The molecule has 0 bridgehead atoms. The van der Waals surface area contributed by atoms with Crippen LogP contribution < -0.4 is 10.6 Å². The van der Waals surface area contributed by atoms with Gasteiger partial charge in [-0.15, -0.1) is 0 Å². The van der Waals surface area contributed by atoms with E-state index in [-0.39, 0.29) is 0 Å². The molecule has 0 heterocycles. The molecular formula is C15H22F3N3S. The summed E-state index contributed by atoms with van der Waals surface area (Å²) in [5.74, 6) is 1.79. The number of hydrogen-bond acceptors (Lipinski definition) is 2. The van der Waals surface area contributed by atoms with E-state index < -0.39 is 11.7 Å². The number of unbranched alkanes of at least 4 members (excludes halogenated alkanes) is 1. The van der Waals surface area contributed by atoms with E-state index >= 15 is 0 Å². The first-order chi connectivity index (χ1) is 10.5. The maximum Gasteiger partial charge on any atom is 0.416 e. The molecule has 0 fully saturated rings. The standard InChI is InChI=1S/C15H22F3N3S/c1-19-14(20-9-3-4-10-22-2)21-11-12-5-7-13(8-6-12)15(16,17)18/h5-8H,3-4,9-11H2,1-2H3,(H2,19,20,21). The van der Waals surface area contributed by atoms with Crippen LogP contribution in [0, 0.1) is 0 Å². The first kappa shape index (κ1) is 18.7. The molecule has 1 aromatic carbocycles. The van der Waals surface area contributed by atoms with E-state index in [4.69, 9.17) is 0 Å². The van der Waals surface area contributed by atoms with Crippen LogP contribution in [0.4, 0.5) is 13.2 Å². The molecule has 0 amide bonds. The predicted molar refractivity (Wildman–Crippen MR) is 87.3 cm³/mol. The number of guanidine groups is 1. The lowest BCUT2D eigenvalue weighted by Crippen LogP contribution is -2.37. The minimum atomic E-state index is -4.29. The maximum absolute atomic E-state index is 12.5. The number of nitrogens with zero attached hydrogens (tertiary/aromatic N) is 1. The van der Waals surface area contributed by atoms with Gasteiger partial charge in [-0.05, 0) is 42.5 Å². The van der Waals surface area contributed by atoms with Crippen molar-refractivity contribution >= 4 is 17.7 Å². The van der Waals surface area contributed by atoms with Crippen LogP contribution in [0.25, 0.3) is 0 Å². The number of alkyl halides is 3. The molecule has 124 valence electrons. The lowest BCUT2D eigenvalue weighted by Gasteiger charge is -2.12. The van der Waals surface area contributed by atoms with E-state index in [1.165, 1.54) is 12.1 Å². The molecule has 1 rings (SSSR count). The first-order valence-electron chi connectivity index (χ1n) is 7.07. The van der Waals surface area contributed by atoms with Crippen LogP contribution in [-0.2, 0) is 12.7 Å². The summed E-state index contributed by atoms with van der Waals surface area (Å²) in [6.45, 7) is 1.26. The molecule has 0 unspecified atom stereocenters. The van der Waals surface area contributed by atoms with Crippen molar-refractivity contribution in [1.82, 2.24) is 10.6 Å². The van der Waals surface area contributed by atoms with Gasteiger partial charge in [0.1, 0.15) is 0 Å². The molecule has 0 aliphatic carbocycles. The van der Waals surface area contributed by atoms with Crippen molar-refractivity contribution < 1.29 is 13.2 Å². The molecule has 2 N–H and O–H groups in total. The Balaban J connectivity index is 2.37. The molecule has 22 heavy (non-hydrogen) atoms. The van der Waals surface area contributed by atoms with Gasteiger partial charge in [0.05, 0.1) is 5.56 Å². The number of nitrogens with one attached hydrogen (secondary N) is 2. The van der Waals surface area contributed by atoms with Gasteiger partial charge in [0, 0.05) is 20.1 Å². The Morgan fingerprint density at radius 3 is 2.36 bits per heavy atom. The highest BCUT2D eigenvalue weighted by atomic mass is 32.2. The van der Waals surface area contributed by atoms with E-state index in [0.29, 0.717) is 12.5 Å². The number of benzene rings is 1. The Hall–Kier alpha value is -1.37. The summed E-state index contributed by atoms with van der Waals surface area (Å²) < 4.78 is 37.4. The summed E-state index contributed by atoms with van der Waals surface area (Å²) in [6, 6.07) is 5.13. The van der Waals surface area contributed by atoms with Crippen LogP contribution >= 0.6 is 11.8 Å². The van der Waals surface area contributed by atoms with Gasteiger partial charge < -0.3 is 10.6 Å². The average Bonchev–Trinajstić information content (AvgIpc) is 2.49. The smallest absolute Gasteiger partial charge is 0.356 e. The number of aliphatic imine (C=N–C) groups is 1. The summed E-state index contributed by atoms with van der Waals surface area (Å²) in [4.78, 5) is 4.09. The third kappa shape index (κ3) is 7.06. The van der Waals surface area contributed by atoms with Gasteiger partial charge in [-0.2, -0.15) is 24.9 Å². The fourth-order valence-corrected chi connectivity index (χ4v) is 2.29. The molecular weight excluding hydrogens is 311 g/mol. The minimum absolute atomic E-state index is 0.433. The van der Waals surface area contributed by atoms with Gasteiger partial charge in [-0.3, -0.25) is 4.99 Å². The van der Waals surface area contributed by atoms with E-state index in [1.54, 1.807) is 7.05 Å². The van der Waals surface area contributed by atoms with Crippen molar-refractivity contribution in [1.29, 1.82) is 0 Å². The summed E-state index contributed by atoms with van der Waals surface area (Å²) in [5.41, 5.74) is 0.144. The Labute approximate surface area is 133 Å². The lowest BCUT2D eigenvalue weighted by atomic mass is 10.1. The summed E-state index contributed by atoms with van der Waals surface area (Å²) >= 11 is 1.82. The highest BCUT2D eigenvalue weighted by Crippen LogP contribution is 2.28. The molecule has 0 spiro atoms. The largest absolute Gasteiger partial charge is 0.416 e. The Morgan fingerprint density at radius 2 is 1.82 bits per heavy atom. The van der Waals surface area contributed by atoms with Crippen molar-refractivity contribution in [2.24, 2.45) is 4.99 Å². The molecule has 3 nitrogen and oxygen atoms in total. The molecule has 1 aromatic rings. The van der Waals surface area contributed by atoms with E-state index in [1.807, 2.05) is 11.8 Å². The molecule has 0 saturated heterocycles. The van der Waals surface area contributed by atoms with Crippen molar-refractivity contribution in [2.75, 3.05) is 25.6 Å². The van der Waals surface area contributed by atoms with Crippen LogP contribution in [0.1, 0.15) is 24.0 Å². The van der Waals surface area contributed by atoms with Crippen LogP contribution in [0.5, 0.6) is 0 Å². The second-order valence-electron chi connectivity index (χ2n) is 4.75. The zero-order valence-electron chi connectivity index (χ0n) is 12.8. The van der Waals surface area contributed by atoms with Gasteiger partial charge in [-0.25, -0.2) is 0 Å². The number of hydrogen-bond donors (Lipinski definition) is 2. The van der Waals surface area contributed by atoms with Crippen LogP contribution in [0.15, 0.2) is 29.3 Å². The third-order valence-corrected chi connectivity index (χ3v) is 3.73. The SMILES string of the molecule is CN=C(NCCCCSC)NCc1ccc(C(F)(F)F)cc1. The lowest BCUT2D eigenvalue weighted by molar-refractivity contribution is -0.137. The molecule has 0 atom stereocenters. The van der Waals surface area contributed by atoms with Crippen molar-refractivity contribution in [3.05, 3.63) is 35.4 Å². The van der Waals surface area contributed by atoms with Crippen LogP contribution in [0.2, 0.25) is 0 Å². The third-order valence-electron chi connectivity index (χ3n) is 3.03. The quantitative estimate of drug-likeness (QED) is 0.455. The number of halogens is 3. The summed E-state index contributed by atoms with van der Waals surface area (Å²) in [6.07, 6.45) is -0.00974. The van der Waals surface area contributed by atoms with Gasteiger partial charge in [0.15, 0.2) is 5.96 Å². The summed E-state index contributed by atoms with van der Waals surface area (Å²) in [5, 5.41) is 6.27. The highest BCUT2D eigenvalue weighted by molar-refractivity contribution is 7.98. The monoisotopic (exact) mass is 333 g/mol. The van der Waals surface area contributed by atoms with Gasteiger partial charge in [0.25, 0.3) is 0 Å². The Kier molecular flexibility index (Phi) is 8.16. The van der Waals surface area contributed by atoms with Crippen LogP contribution in [0.3, 0.4) is 0 Å². The minimum Gasteiger partial charge on any atom is -0.356 e. The van der Waals surface area contributed by atoms with Crippen molar-refractivity contribution in [3.8, 4) is 0 Å². The van der Waals surface area contributed by atoms with E-state index in [9.17, 15) is 13.2 Å². The average molecular weight is 333 g/mol. The topological polar surface area (TPSA) is 36.4 Å². The van der Waals surface area contributed by atoms with Crippen molar-refractivity contribution in [2.45, 2.75) is 25.6 Å². The molecule has 0 saturated carbocycles. The maximum atomic E-state index is 12.5. The van der Waals surface area contributed by atoms with E-state index in [2.05, 4.69) is 21.9 Å². The van der Waals surface area contributed by atoms with Gasteiger partial charge in [-0.1, -0.05) is 12.1 Å². The summed E-state index contributed by atoms with van der Waals surface area (Å²) in [7, 11) is 1.67. The molecule has 0 radical (unpaired) electrons. The normalized spacial score (nSPS) is 12.3. The Bertz CT molecular complexity index is 458. The number of rotatable bonds is 7. The molecule has 0 aromatic heterocycles. The first-order valence-corrected chi connectivity index (χ1v) is 8.46. The van der Waals surface area contributed by atoms with E-state index in [0.717, 1.165) is 42.8 Å². The van der Waals surface area contributed by atoms with Crippen LogP contribution in [-0.4, -0.2) is 31.6 Å².